The molecule has 1 heterocycles. The van der Waals surface area contributed by atoms with Gasteiger partial charge in [0.25, 0.3) is 0 Å². The molecule has 0 aromatic heterocycles. The molecule has 1 aromatic rings. The Labute approximate surface area is 140 Å². The van der Waals surface area contributed by atoms with Crippen molar-refractivity contribution in [2.75, 3.05) is 6.54 Å². The Balaban J connectivity index is 0.00000242. The van der Waals surface area contributed by atoms with E-state index in [0.717, 1.165) is 41.6 Å². The van der Waals surface area contributed by atoms with Crippen molar-refractivity contribution >= 4 is 22.4 Å². The number of piperidine rings is 1. The van der Waals surface area contributed by atoms with Crippen LogP contribution in [-0.2, 0) is 10.0 Å². The molecule has 0 amide bonds. The van der Waals surface area contributed by atoms with E-state index in [4.69, 9.17) is 0 Å². The molecule has 2 unspecified atom stereocenters. The number of nitrogens with one attached hydrogen (secondary N) is 2. The van der Waals surface area contributed by atoms with Crippen LogP contribution in [0.15, 0.2) is 11.0 Å². The third-order valence-corrected chi connectivity index (χ3v) is 6.30. The highest BCUT2D eigenvalue weighted by atomic mass is 35.5. The zero-order valence-electron chi connectivity index (χ0n) is 14.0. The largest absolute Gasteiger partial charge is 0.314 e. The van der Waals surface area contributed by atoms with Gasteiger partial charge in [-0.15, -0.1) is 12.4 Å². The van der Waals surface area contributed by atoms with Crippen LogP contribution in [0.25, 0.3) is 0 Å². The van der Waals surface area contributed by atoms with E-state index in [-0.39, 0.29) is 18.4 Å². The van der Waals surface area contributed by atoms with Crippen LogP contribution < -0.4 is 10.0 Å². The fourth-order valence-electron chi connectivity index (χ4n) is 3.10. The van der Waals surface area contributed by atoms with Crippen molar-refractivity contribution in [1.82, 2.24) is 10.0 Å². The standard InChI is InChI=1S/C16H26N2O2S.ClH/c1-10-8-11(2)14(5)16(13(10)4)21(19,20)18-15-6-7-17-12(3)9-15;/h8,12,15,17-18H,6-7,9H2,1-5H3;1H. The molecule has 126 valence electrons. The van der Waals surface area contributed by atoms with Crippen molar-refractivity contribution in [1.29, 1.82) is 0 Å². The maximum absolute atomic E-state index is 12.8. The molecule has 0 aliphatic carbocycles. The van der Waals surface area contributed by atoms with Crippen LogP contribution in [-0.4, -0.2) is 27.0 Å². The Morgan fingerprint density at radius 2 is 1.68 bits per heavy atom. The van der Waals surface area contributed by atoms with E-state index in [1.165, 1.54) is 0 Å². The van der Waals surface area contributed by atoms with Gasteiger partial charge in [-0.3, -0.25) is 0 Å². The van der Waals surface area contributed by atoms with Crippen molar-refractivity contribution in [3.8, 4) is 0 Å². The SMILES string of the molecule is Cc1cc(C)c(C)c(S(=O)(=O)NC2CCNC(C)C2)c1C.Cl. The predicted molar refractivity (Wildman–Crippen MR) is 93.4 cm³/mol. The van der Waals surface area contributed by atoms with Crippen LogP contribution in [0.2, 0.25) is 0 Å². The molecule has 1 fully saturated rings. The molecule has 0 radical (unpaired) electrons. The Hall–Kier alpha value is -0.620. The Morgan fingerprint density at radius 3 is 2.18 bits per heavy atom. The molecular weight excluding hydrogens is 320 g/mol. The van der Waals surface area contributed by atoms with Gasteiger partial charge in [-0.25, -0.2) is 13.1 Å². The van der Waals surface area contributed by atoms with Crippen LogP contribution in [0.5, 0.6) is 0 Å². The molecule has 1 aliphatic heterocycles. The maximum Gasteiger partial charge on any atom is 0.241 e. The number of hydrogen-bond donors (Lipinski definition) is 2. The van der Waals surface area contributed by atoms with Gasteiger partial charge in [0.1, 0.15) is 0 Å². The molecule has 22 heavy (non-hydrogen) atoms. The first kappa shape index (κ1) is 19.4. The third kappa shape index (κ3) is 4.02. The summed E-state index contributed by atoms with van der Waals surface area (Å²) in [5, 5.41) is 3.34. The van der Waals surface area contributed by atoms with Gasteiger partial charge in [0.15, 0.2) is 0 Å². The summed E-state index contributed by atoms with van der Waals surface area (Å²) in [6, 6.07) is 2.43. The summed E-state index contributed by atoms with van der Waals surface area (Å²) < 4.78 is 28.6. The number of sulfonamides is 1. The highest BCUT2D eigenvalue weighted by molar-refractivity contribution is 7.89. The van der Waals surface area contributed by atoms with Crippen molar-refractivity contribution < 1.29 is 8.42 Å². The van der Waals surface area contributed by atoms with Crippen molar-refractivity contribution in [3.05, 3.63) is 28.3 Å². The first-order chi connectivity index (χ1) is 9.72. The second-order valence-electron chi connectivity index (χ2n) is 6.29. The van der Waals surface area contributed by atoms with Gasteiger partial charge in [0.2, 0.25) is 10.0 Å². The topological polar surface area (TPSA) is 58.2 Å². The summed E-state index contributed by atoms with van der Waals surface area (Å²) in [4.78, 5) is 0.464. The lowest BCUT2D eigenvalue weighted by molar-refractivity contribution is 0.361. The number of benzene rings is 1. The van der Waals surface area contributed by atoms with Gasteiger partial charge < -0.3 is 5.32 Å². The van der Waals surface area contributed by atoms with Crippen molar-refractivity contribution in [2.24, 2.45) is 0 Å². The van der Waals surface area contributed by atoms with E-state index in [0.29, 0.717) is 10.9 Å². The highest BCUT2D eigenvalue weighted by Gasteiger charge is 2.27. The van der Waals surface area contributed by atoms with Crippen LogP contribution >= 0.6 is 12.4 Å². The fraction of sp³-hybridized carbons (Fsp3) is 0.625. The van der Waals surface area contributed by atoms with Crippen LogP contribution in [0.3, 0.4) is 0 Å². The van der Waals surface area contributed by atoms with Gasteiger partial charge in [-0.05, 0) is 76.3 Å². The lowest BCUT2D eigenvalue weighted by Crippen LogP contribution is -2.46. The molecule has 2 atom stereocenters. The zero-order valence-corrected chi connectivity index (χ0v) is 15.6. The molecule has 0 bridgehead atoms. The molecule has 0 saturated carbocycles. The monoisotopic (exact) mass is 346 g/mol. The zero-order chi connectivity index (χ0) is 15.8. The van der Waals surface area contributed by atoms with E-state index in [2.05, 4.69) is 23.0 Å². The summed E-state index contributed by atoms with van der Waals surface area (Å²) in [6.07, 6.45) is 1.68. The first-order valence-corrected chi connectivity index (χ1v) is 9.04. The number of aryl methyl sites for hydroxylation is 2. The molecule has 1 saturated heterocycles. The molecule has 1 aromatic carbocycles. The Kier molecular flexibility index (Phi) is 6.45. The molecule has 4 nitrogen and oxygen atoms in total. The normalized spacial score (nSPS) is 22.2. The molecule has 6 heteroatoms. The van der Waals surface area contributed by atoms with Gasteiger partial charge in [0.05, 0.1) is 4.90 Å². The van der Waals surface area contributed by atoms with Gasteiger partial charge >= 0.3 is 0 Å². The van der Waals surface area contributed by atoms with E-state index in [1.807, 2.05) is 27.7 Å². The summed E-state index contributed by atoms with van der Waals surface area (Å²) >= 11 is 0. The molecule has 1 aliphatic rings. The predicted octanol–water partition coefficient (Wildman–Crippen LogP) is 2.76. The van der Waals surface area contributed by atoms with Crippen molar-refractivity contribution in [3.63, 3.8) is 0 Å². The van der Waals surface area contributed by atoms with E-state index < -0.39 is 10.0 Å². The summed E-state index contributed by atoms with van der Waals surface area (Å²) in [5.74, 6) is 0. The summed E-state index contributed by atoms with van der Waals surface area (Å²) in [6.45, 7) is 10.7. The number of hydrogen-bond acceptors (Lipinski definition) is 3. The van der Waals surface area contributed by atoms with Crippen LogP contribution in [0, 0.1) is 27.7 Å². The number of rotatable bonds is 3. The molecule has 0 spiro atoms. The minimum Gasteiger partial charge on any atom is -0.314 e. The van der Waals surface area contributed by atoms with Gasteiger partial charge in [-0.1, -0.05) is 6.07 Å². The molecule has 2 N–H and O–H groups in total. The summed E-state index contributed by atoms with van der Waals surface area (Å²) in [5.41, 5.74) is 3.76. The highest BCUT2D eigenvalue weighted by Crippen LogP contribution is 2.26. The minimum atomic E-state index is -3.47. The Bertz CT molecular complexity index is 618. The summed E-state index contributed by atoms with van der Waals surface area (Å²) in [7, 11) is -3.47. The van der Waals surface area contributed by atoms with Crippen LogP contribution in [0.1, 0.15) is 42.0 Å². The molecular formula is C16H27ClN2O2S. The first-order valence-electron chi connectivity index (χ1n) is 7.55. The van der Waals surface area contributed by atoms with Crippen LogP contribution in [0.4, 0.5) is 0 Å². The average molecular weight is 347 g/mol. The fourth-order valence-corrected chi connectivity index (χ4v) is 5.00. The van der Waals surface area contributed by atoms with E-state index >= 15 is 0 Å². The lowest BCUT2D eigenvalue weighted by Gasteiger charge is -2.29. The Morgan fingerprint density at radius 1 is 1.14 bits per heavy atom. The van der Waals surface area contributed by atoms with E-state index in [1.54, 1.807) is 0 Å². The minimum absolute atomic E-state index is 0. The average Bonchev–Trinajstić information content (AvgIpc) is 2.35. The van der Waals surface area contributed by atoms with Crippen molar-refractivity contribution in [2.45, 2.75) is 64.4 Å². The lowest BCUT2D eigenvalue weighted by atomic mass is 10.0. The quantitative estimate of drug-likeness (QED) is 0.884. The smallest absolute Gasteiger partial charge is 0.241 e. The third-order valence-electron chi connectivity index (χ3n) is 4.51. The maximum atomic E-state index is 12.8. The van der Waals surface area contributed by atoms with Gasteiger partial charge in [-0.2, -0.15) is 0 Å². The van der Waals surface area contributed by atoms with E-state index in [9.17, 15) is 8.42 Å². The second kappa shape index (κ2) is 7.30. The second-order valence-corrected chi connectivity index (χ2v) is 7.94. The number of halogens is 1. The van der Waals surface area contributed by atoms with Gasteiger partial charge in [0, 0.05) is 12.1 Å². The molecule has 2 rings (SSSR count).